The summed E-state index contributed by atoms with van der Waals surface area (Å²) >= 11 is 7.67. The van der Waals surface area contributed by atoms with Crippen LogP contribution in [0.5, 0.6) is 0 Å². The normalized spacial score (nSPS) is 11.9. The third-order valence-electron chi connectivity index (χ3n) is 5.18. The lowest BCUT2D eigenvalue weighted by atomic mass is 10.0. The molecule has 1 aromatic carbocycles. The van der Waals surface area contributed by atoms with Gasteiger partial charge in [-0.1, -0.05) is 24.4 Å². The largest absolute Gasteiger partial charge is 0.442 e. The van der Waals surface area contributed by atoms with Gasteiger partial charge in [0.25, 0.3) is 11.8 Å². The molecule has 1 amide bonds. The number of carbonyl (C=O) groups is 2. The number of rotatable bonds is 11. The molecular formula is C23H21ClFN5O3S. The van der Waals surface area contributed by atoms with Gasteiger partial charge in [-0.25, -0.2) is 14.4 Å². The van der Waals surface area contributed by atoms with Crippen LogP contribution in [0.4, 0.5) is 4.39 Å². The molecule has 0 bridgehead atoms. The molecule has 3 heterocycles. The Morgan fingerprint density at radius 3 is 2.74 bits per heavy atom. The van der Waals surface area contributed by atoms with Crippen LogP contribution < -0.4 is 5.32 Å². The van der Waals surface area contributed by atoms with E-state index in [4.69, 9.17) is 16.0 Å². The Labute approximate surface area is 203 Å². The number of aromatic amines is 1. The lowest BCUT2D eigenvalue weighted by molar-refractivity contribution is 0.0935. The number of carbonyl (C=O) groups excluding carboxylic acids is 2. The number of ketones is 1. The molecule has 0 fully saturated rings. The second-order valence-electron chi connectivity index (χ2n) is 7.55. The van der Waals surface area contributed by atoms with E-state index in [0.717, 1.165) is 12.8 Å². The van der Waals surface area contributed by atoms with Gasteiger partial charge < -0.3 is 14.7 Å². The second-order valence-corrected chi connectivity index (χ2v) is 8.79. The SMILES string of the molecule is O=C(CCCCCC(NC(=O)c1cncs1)c1[nH]c(-c2ccc(F)cc2)nc1Cl)c1ncco1. The van der Waals surface area contributed by atoms with Crippen molar-refractivity contribution in [2.24, 2.45) is 0 Å². The van der Waals surface area contributed by atoms with Crippen LogP contribution >= 0.6 is 22.9 Å². The monoisotopic (exact) mass is 501 g/mol. The minimum absolute atomic E-state index is 0.118. The molecular weight excluding hydrogens is 481 g/mol. The van der Waals surface area contributed by atoms with Crippen molar-refractivity contribution < 1.29 is 18.4 Å². The lowest BCUT2D eigenvalue weighted by Gasteiger charge is -2.17. The first-order chi connectivity index (χ1) is 16.5. The molecule has 0 spiro atoms. The van der Waals surface area contributed by atoms with Crippen LogP contribution in [-0.2, 0) is 0 Å². The summed E-state index contributed by atoms with van der Waals surface area (Å²) in [6.07, 6.45) is 7.37. The zero-order valence-corrected chi connectivity index (χ0v) is 19.5. The van der Waals surface area contributed by atoms with Crippen LogP contribution in [0, 0.1) is 5.82 Å². The van der Waals surface area contributed by atoms with Crippen LogP contribution in [0.2, 0.25) is 5.15 Å². The minimum atomic E-state index is -0.439. The highest BCUT2D eigenvalue weighted by molar-refractivity contribution is 7.11. The van der Waals surface area contributed by atoms with Crippen molar-refractivity contribution in [1.29, 1.82) is 0 Å². The average molecular weight is 502 g/mol. The molecule has 11 heteroatoms. The lowest BCUT2D eigenvalue weighted by Crippen LogP contribution is -2.28. The number of unbranched alkanes of at least 4 members (excludes halogenated alkanes) is 2. The molecule has 0 saturated carbocycles. The van der Waals surface area contributed by atoms with E-state index in [1.54, 1.807) is 17.6 Å². The molecule has 0 aliphatic carbocycles. The first kappa shape index (κ1) is 23.8. The van der Waals surface area contributed by atoms with Crippen molar-refractivity contribution in [3.8, 4) is 11.4 Å². The first-order valence-corrected chi connectivity index (χ1v) is 11.9. The van der Waals surface area contributed by atoms with Crippen molar-refractivity contribution >= 4 is 34.6 Å². The number of aromatic nitrogens is 4. The fourth-order valence-electron chi connectivity index (χ4n) is 3.47. The Bertz CT molecular complexity index is 1230. The van der Waals surface area contributed by atoms with Crippen LogP contribution in [0.25, 0.3) is 11.4 Å². The van der Waals surface area contributed by atoms with Crippen LogP contribution in [0.3, 0.4) is 0 Å². The number of imidazole rings is 1. The van der Waals surface area contributed by atoms with Gasteiger partial charge in [0.05, 0.1) is 29.6 Å². The molecule has 4 aromatic rings. The van der Waals surface area contributed by atoms with Crippen molar-refractivity contribution in [3.63, 3.8) is 0 Å². The maximum atomic E-state index is 13.3. The number of amides is 1. The van der Waals surface area contributed by atoms with Gasteiger partial charge in [-0.2, -0.15) is 0 Å². The number of hydrogen-bond acceptors (Lipinski definition) is 7. The van der Waals surface area contributed by atoms with E-state index in [-0.39, 0.29) is 28.6 Å². The van der Waals surface area contributed by atoms with E-state index in [2.05, 4.69) is 25.3 Å². The van der Waals surface area contributed by atoms with Crippen LogP contribution in [-0.4, -0.2) is 31.6 Å². The minimum Gasteiger partial charge on any atom is -0.442 e. The Kier molecular flexibility index (Phi) is 7.81. The first-order valence-electron chi connectivity index (χ1n) is 10.6. The summed E-state index contributed by atoms with van der Waals surface area (Å²) in [7, 11) is 0. The number of nitrogens with zero attached hydrogens (tertiary/aromatic N) is 3. The number of H-pyrrole nitrogens is 1. The van der Waals surface area contributed by atoms with E-state index in [1.807, 2.05) is 0 Å². The Balaban J connectivity index is 1.43. The molecule has 0 aliphatic rings. The molecule has 0 aliphatic heterocycles. The standard InChI is InChI=1S/C23H21ClFN5O3S/c24-20-19(29-21(30-20)14-6-8-15(25)9-7-14)16(28-22(32)18-12-26-13-34-18)4-2-1-3-5-17(31)23-27-10-11-33-23/h6-13,16H,1-5H2,(H,28,32)(H,29,30). The number of nitrogens with one attached hydrogen (secondary N) is 2. The van der Waals surface area contributed by atoms with Gasteiger partial charge in [0.15, 0.2) is 5.15 Å². The number of benzene rings is 1. The predicted octanol–water partition coefficient (Wildman–Crippen LogP) is 5.62. The third-order valence-corrected chi connectivity index (χ3v) is 6.24. The Morgan fingerprint density at radius 1 is 1.21 bits per heavy atom. The van der Waals surface area contributed by atoms with Crippen molar-refractivity contribution in [3.05, 3.63) is 75.9 Å². The predicted molar refractivity (Wildman–Crippen MR) is 125 cm³/mol. The van der Waals surface area contributed by atoms with Crippen molar-refractivity contribution in [1.82, 2.24) is 25.3 Å². The molecule has 0 saturated heterocycles. The fraction of sp³-hybridized carbons (Fsp3) is 0.261. The summed E-state index contributed by atoms with van der Waals surface area (Å²) in [6.45, 7) is 0. The van der Waals surface area contributed by atoms with Crippen molar-refractivity contribution in [2.45, 2.75) is 38.1 Å². The highest BCUT2D eigenvalue weighted by Crippen LogP contribution is 2.29. The molecule has 3 aromatic heterocycles. The molecule has 2 N–H and O–H groups in total. The molecule has 34 heavy (non-hydrogen) atoms. The maximum Gasteiger partial charge on any atom is 0.263 e. The molecule has 1 atom stereocenters. The summed E-state index contributed by atoms with van der Waals surface area (Å²) in [5.41, 5.74) is 2.83. The topological polar surface area (TPSA) is 114 Å². The summed E-state index contributed by atoms with van der Waals surface area (Å²) in [5.74, 6) is -0.153. The number of thiazole rings is 1. The van der Waals surface area contributed by atoms with Crippen LogP contribution in [0.1, 0.15) is 64.2 Å². The van der Waals surface area contributed by atoms with Gasteiger partial charge in [0.2, 0.25) is 5.78 Å². The molecule has 4 rings (SSSR count). The van der Waals surface area contributed by atoms with E-state index < -0.39 is 6.04 Å². The summed E-state index contributed by atoms with van der Waals surface area (Å²) in [4.78, 5) is 40.6. The van der Waals surface area contributed by atoms with Gasteiger partial charge >= 0.3 is 0 Å². The van der Waals surface area contributed by atoms with E-state index in [1.165, 1.54) is 42.1 Å². The van der Waals surface area contributed by atoms with Gasteiger partial charge in [-0.15, -0.1) is 11.3 Å². The van der Waals surface area contributed by atoms with E-state index in [9.17, 15) is 14.0 Å². The van der Waals surface area contributed by atoms with Gasteiger partial charge in [-0.3, -0.25) is 14.6 Å². The summed E-state index contributed by atoms with van der Waals surface area (Å²) in [5, 5.41) is 3.23. The maximum absolute atomic E-state index is 13.3. The number of hydrogen-bond donors (Lipinski definition) is 2. The van der Waals surface area contributed by atoms with E-state index in [0.29, 0.717) is 41.2 Å². The summed E-state index contributed by atoms with van der Waals surface area (Å²) in [6, 6.07) is 5.45. The smallest absolute Gasteiger partial charge is 0.263 e. The molecule has 1 unspecified atom stereocenters. The number of oxazole rings is 1. The zero-order valence-electron chi connectivity index (χ0n) is 18.0. The quantitative estimate of drug-likeness (QED) is 0.204. The molecule has 176 valence electrons. The Morgan fingerprint density at radius 2 is 2.03 bits per heavy atom. The summed E-state index contributed by atoms with van der Waals surface area (Å²) < 4.78 is 18.3. The molecule has 0 radical (unpaired) electrons. The fourth-order valence-corrected chi connectivity index (χ4v) is 4.25. The highest BCUT2D eigenvalue weighted by Gasteiger charge is 2.23. The van der Waals surface area contributed by atoms with Gasteiger partial charge in [0.1, 0.15) is 22.8 Å². The second kappa shape index (κ2) is 11.2. The average Bonchev–Trinajstić information content (AvgIpc) is 3.60. The Hall–Kier alpha value is -3.37. The van der Waals surface area contributed by atoms with Gasteiger partial charge in [0, 0.05) is 12.0 Å². The third kappa shape index (κ3) is 5.95. The number of halogens is 2. The van der Waals surface area contributed by atoms with E-state index >= 15 is 0 Å². The highest BCUT2D eigenvalue weighted by atomic mass is 35.5. The van der Waals surface area contributed by atoms with Gasteiger partial charge in [-0.05, 0) is 37.1 Å². The number of Topliss-reactive ketones (excluding diaryl/α,β-unsaturated/α-hetero) is 1. The zero-order chi connectivity index (χ0) is 23.9. The molecule has 8 nitrogen and oxygen atoms in total. The van der Waals surface area contributed by atoms with Crippen molar-refractivity contribution in [2.75, 3.05) is 0 Å². The van der Waals surface area contributed by atoms with Crippen LogP contribution in [0.15, 0.2) is 52.9 Å².